The van der Waals surface area contributed by atoms with Crippen molar-refractivity contribution in [1.82, 2.24) is 20.2 Å². The van der Waals surface area contributed by atoms with Crippen LogP contribution in [0.3, 0.4) is 0 Å². The number of benzene rings is 2. The van der Waals surface area contributed by atoms with E-state index in [-0.39, 0.29) is 5.91 Å². The zero-order valence-electron chi connectivity index (χ0n) is 15.4. The highest BCUT2D eigenvalue weighted by atomic mass is 32.1. The van der Waals surface area contributed by atoms with Crippen LogP contribution in [0.25, 0.3) is 22.0 Å². The summed E-state index contributed by atoms with van der Waals surface area (Å²) in [6, 6.07) is 15.8. The number of anilines is 1. The summed E-state index contributed by atoms with van der Waals surface area (Å²) in [5.41, 5.74) is 4.59. The molecule has 0 fully saturated rings. The molecular weight excluding hydrogens is 370 g/mol. The molecule has 7 heteroatoms. The molecule has 0 unspecified atom stereocenters. The van der Waals surface area contributed by atoms with Crippen LogP contribution >= 0.6 is 11.3 Å². The number of aromatic nitrogens is 4. The second kappa shape index (κ2) is 7.66. The average molecular weight is 387 g/mol. The predicted octanol–water partition coefficient (Wildman–Crippen LogP) is 4.53. The van der Waals surface area contributed by atoms with E-state index in [0.29, 0.717) is 16.5 Å². The van der Waals surface area contributed by atoms with Crippen molar-refractivity contribution in [1.29, 1.82) is 0 Å². The maximum absolute atomic E-state index is 12.5. The van der Waals surface area contributed by atoms with Gasteiger partial charge in [-0.25, -0.2) is 9.97 Å². The Labute approximate surface area is 166 Å². The Morgan fingerprint density at radius 3 is 2.43 bits per heavy atom. The van der Waals surface area contributed by atoms with E-state index < -0.39 is 0 Å². The fourth-order valence-electron chi connectivity index (χ4n) is 2.79. The molecule has 1 amide bonds. The van der Waals surface area contributed by atoms with Crippen molar-refractivity contribution < 1.29 is 4.79 Å². The summed E-state index contributed by atoms with van der Waals surface area (Å²) in [6.45, 7) is 4.08. The van der Waals surface area contributed by atoms with Crippen LogP contribution in [0.4, 0.5) is 5.13 Å². The van der Waals surface area contributed by atoms with Crippen molar-refractivity contribution in [2.24, 2.45) is 0 Å². The SMILES string of the molecule is Cc1ccc(-c2nnc(NC(=O)c3cnc(-c4ccccc4)nc3)s2)c(C)c1. The van der Waals surface area contributed by atoms with Crippen molar-refractivity contribution in [2.45, 2.75) is 13.8 Å². The molecule has 0 atom stereocenters. The first-order chi connectivity index (χ1) is 13.6. The Morgan fingerprint density at radius 2 is 1.71 bits per heavy atom. The van der Waals surface area contributed by atoms with Gasteiger partial charge in [0.1, 0.15) is 5.01 Å². The van der Waals surface area contributed by atoms with Crippen molar-refractivity contribution in [3.8, 4) is 22.0 Å². The number of rotatable bonds is 4. The van der Waals surface area contributed by atoms with Crippen LogP contribution in [-0.4, -0.2) is 26.1 Å². The van der Waals surface area contributed by atoms with Gasteiger partial charge in [-0.3, -0.25) is 10.1 Å². The average Bonchev–Trinajstić information content (AvgIpc) is 3.17. The van der Waals surface area contributed by atoms with E-state index in [4.69, 9.17) is 0 Å². The number of nitrogens with zero attached hydrogens (tertiary/aromatic N) is 4. The summed E-state index contributed by atoms with van der Waals surface area (Å²) in [4.78, 5) is 21.0. The second-order valence-corrected chi connectivity index (χ2v) is 7.32. The molecule has 2 heterocycles. The van der Waals surface area contributed by atoms with Gasteiger partial charge in [-0.15, -0.1) is 10.2 Å². The third-order valence-corrected chi connectivity index (χ3v) is 5.08. The summed E-state index contributed by atoms with van der Waals surface area (Å²) >= 11 is 1.33. The van der Waals surface area contributed by atoms with Crippen molar-refractivity contribution in [3.05, 3.63) is 77.6 Å². The Hall–Kier alpha value is -3.45. The van der Waals surface area contributed by atoms with Gasteiger partial charge in [0.05, 0.1) is 5.56 Å². The Balaban J connectivity index is 1.49. The zero-order valence-corrected chi connectivity index (χ0v) is 16.2. The van der Waals surface area contributed by atoms with Gasteiger partial charge in [0.25, 0.3) is 5.91 Å². The molecule has 0 bridgehead atoms. The third kappa shape index (κ3) is 3.79. The highest BCUT2D eigenvalue weighted by Gasteiger charge is 2.13. The number of hydrogen-bond donors (Lipinski definition) is 1. The molecule has 0 spiro atoms. The Kier molecular flexibility index (Phi) is 4.90. The van der Waals surface area contributed by atoms with Gasteiger partial charge in [0.2, 0.25) is 5.13 Å². The molecule has 28 heavy (non-hydrogen) atoms. The molecule has 0 aliphatic heterocycles. The van der Waals surface area contributed by atoms with Gasteiger partial charge in [-0.05, 0) is 19.4 Å². The number of aryl methyl sites for hydroxylation is 2. The van der Waals surface area contributed by atoms with Gasteiger partial charge >= 0.3 is 0 Å². The van der Waals surface area contributed by atoms with Gasteiger partial charge in [0.15, 0.2) is 5.82 Å². The summed E-state index contributed by atoms with van der Waals surface area (Å²) in [7, 11) is 0. The van der Waals surface area contributed by atoms with E-state index in [1.54, 1.807) is 0 Å². The van der Waals surface area contributed by atoms with Gasteiger partial charge in [0, 0.05) is 23.5 Å². The van der Waals surface area contributed by atoms with E-state index in [1.165, 1.54) is 29.3 Å². The maximum Gasteiger partial charge on any atom is 0.260 e. The molecule has 0 aliphatic rings. The molecule has 0 aliphatic carbocycles. The number of hydrogen-bond acceptors (Lipinski definition) is 6. The van der Waals surface area contributed by atoms with Crippen LogP contribution < -0.4 is 5.32 Å². The molecule has 2 aromatic heterocycles. The smallest absolute Gasteiger partial charge is 0.260 e. The standard InChI is InChI=1S/C21H17N5OS/c1-13-8-9-17(14(2)10-13)20-25-26-21(28-20)24-19(27)16-11-22-18(23-12-16)15-6-4-3-5-7-15/h3-12H,1-2H3,(H,24,26,27). The second-order valence-electron chi connectivity index (χ2n) is 6.35. The summed E-state index contributed by atoms with van der Waals surface area (Å²) in [6.07, 6.45) is 3.02. The lowest BCUT2D eigenvalue weighted by Gasteiger charge is -2.03. The number of carbonyl (C=O) groups excluding carboxylic acids is 1. The van der Waals surface area contributed by atoms with Crippen LogP contribution in [0.2, 0.25) is 0 Å². The van der Waals surface area contributed by atoms with Gasteiger partial charge in [-0.2, -0.15) is 0 Å². The summed E-state index contributed by atoms with van der Waals surface area (Å²) in [5.74, 6) is 0.258. The molecule has 138 valence electrons. The largest absolute Gasteiger partial charge is 0.296 e. The zero-order chi connectivity index (χ0) is 19.5. The first kappa shape index (κ1) is 17.9. The van der Waals surface area contributed by atoms with Gasteiger partial charge < -0.3 is 0 Å². The van der Waals surface area contributed by atoms with E-state index in [9.17, 15) is 4.79 Å². The summed E-state index contributed by atoms with van der Waals surface area (Å²) in [5, 5.41) is 12.3. The molecule has 0 radical (unpaired) electrons. The fourth-order valence-corrected chi connectivity index (χ4v) is 3.62. The molecule has 1 N–H and O–H groups in total. The topological polar surface area (TPSA) is 80.7 Å². The lowest BCUT2D eigenvalue weighted by atomic mass is 10.1. The minimum absolute atomic E-state index is 0.317. The monoisotopic (exact) mass is 387 g/mol. The van der Waals surface area contributed by atoms with Crippen molar-refractivity contribution in [2.75, 3.05) is 5.32 Å². The Morgan fingerprint density at radius 1 is 0.964 bits per heavy atom. The summed E-state index contributed by atoms with van der Waals surface area (Å²) < 4.78 is 0. The third-order valence-electron chi connectivity index (χ3n) is 4.20. The quantitative estimate of drug-likeness (QED) is 0.556. The van der Waals surface area contributed by atoms with Gasteiger partial charge in [-0.1, -0.05) is 65.4 Å². The van der Waals surface area contributed by atoms with Crippen LogP contribution in [0, 0.1) is 13.8 Å². The highest BCUT2D eigenvalue weighted by Crippen LogP contribution is 2.29. The molecule has 6 nitrogen and oxygen atoms in total. The lowest BCUT2D eigenvalue weighted by Crippen LogP contribution is -2.12. The molecule has 0 saturated carbocycles. The van der Waals surface area contributed by atoms with Crippen LogP contribution in [0.5, 0.6) is 0 Å². The minimum Gasteiger partial charge on any atom is -0.296 e. The molecule has 4 rings (SSSR count). The van der Waals surface area contributed by atoms with Crippen LogP contribution in [0.15, 0.2) is 60.9 Å². The Bertz CT molecular complexity index is 1120. The molecular formula is C21H17N5OS. The van der Waals surface area contributed by atoms with E-state index in [2.05, 4.69) is 31.5 Å². The normalized spacial score (nSPS) is 10.6. The number of nitrogens with one attached hydrogen (secondary N) is 1. The number of carbonyl (C=O) groups is 1. The van der Waals surface area contributed by atoms with E-state index in [1.807, 2.05) is 56.3 Å². The first-order valence-electron chi connectivity index (χ1n) is 8.70. The fraction of sp³-hybridized carbons (Fsp3) is 0.0952. The van der Waals surface area contributed by atoms with Crippen LogP contribution in [0.1, 0.15) is 21.5 Å². The van der Waals surface area contributed by atoms with Crippen molar-refractivity contribution in [3.63, 3.8) is 0 Å². The van der Waals surface area contributed by atoms with Crippen molar-refractivity contribution >= 4 is 22.4 Å². The predicted molar refractivity (Wildman–Crippen MR) is 110 cm³/mol. The molecule has 4 aromatic rings. The highest BCUT2D eigenvalue weighted by molar-refractivity contribution is 7.18. The van der Waals surface area contributed by atoms with E-state index in [0.717, 1.165) is 21.7 Å². The molecule has 2 aromatic carbocycles. The van der Waals surface area contributed by atoms with E-state index >= 15 is 0 Å². The first-order valence-corrected chi connectivity index (χ1v) is 9.52. The minimum atomic E-state index is -0.317. The van der Waals surface area contributed by atoms with Crippen LogP contribution in [-0.2, 0) is 0 Å². The lowest BCUT2D eigenvalue weighted by molar-refractivity contribution is 0.102. The number of amides is 1. The maximum atomic E-state index is 12.5. The molecule has 0 saturated heterocycles.